The molecule has 3 aromatic rings. The zero-order chi connectivity index (χ0) is 20.6. The molecule has 0 saturated carbocycles. The zero-order valence-corrected chi connectivity index (χ0v) is 16.3. The summed E-state index contributed by atoms with van der Waals surface area (Å²) in [5.74, 6) is -0.299. The fraction of sp³-hybridized carbons (Fsp3) is 0.182. The average Bonchev–Trinajstić information content (AvgIpc) is 2.75. The summed E-state index contributed by atoms with van der Waals surface area (Å²) in [4.78, 5) is 32.4. The lowest BCUT2D eigenvalue weighted by molar-refractivity contribution is 0.0526. The molecule has 0 aliphatic heterocycles. The van der Waals surface area contributed by atoms with E-state index in [-0.39, 0.29) is 11.9 Å². The minimum atomic E-state index is -0.366. The number of carbonyl (C=O) groups is 2. The van der Waals surface area contributed by atoms with E-state index in [1.54, 1.807) is 31.2 Å². The fourth-order valence-corrected chi connectivity index (χ4v) is 2.57. The van der Waals surface area contributed by atoms with Crippen molar-refractivity contribution >= 4 is 29.2 Å². The normalized spacial score (nSPS) is 10.3. The molecule has 3 rings (SSSR count). The number of rotatable bonds is 7. The first-order valence-corrected chi connectivity index (χ1v) is 9.35. The van der Waals surface area contributed by atoms with Gasteiger partial charge >= 0.3 is 5.97 Å². The highest BCUT2D eigenvalue weighted by molar-refractivity contribution is 6.03. The third kappa shape index (κ3) is 5.38. The molecule has 0 aliphatic carbocycles. The van der Waals surface area contributed by atoms with Crippen LogP contribution >= 0.6 is 0 Å². The van der Waals surface area contributed by atoms with Crippen LogP contribution in [0.5, 0.6) is 0 Å². The van der Waals surface area contributed by atoms with Crippen LogP contribution in [0.3, 0.4) is 0 Å². The molecule has 0 fully saturated rings. The van der Waals surface area contributed by atoms with Gasteiger partial charge in [0.25, 0.3) is 5.91 Å². The molecule has 2 N–H and O–H groups in total. The number of aromatic nitrogens is 2. The van der Waals surface area contributed by atoms with Crippen molar-refractivity contribution in [1.29, 1.82) is 0 Å². The van der Waals surface area contributed by atoms with Crippen molar-refractivity contribution in [1.82, 2.24) is 9.97 Å². The summed E-state index contributed by atoms with van der Waals surface area (Å²) in [6, 6.07) is 14.5. The van der Waals surface area contributed by atoms with Gasteiger partial charge in [-0.05, 0) is 55.3 Å². The van der Waals surface area contributed by atoms with Gasteiger partial charge in [-0.1, -0.05) is 19.1 Å². The minimum absolute atomic E-state index is 0.278. The number of anilines is 3. The Hall–Kier alpha value is -3.74. The number of hydrogen-bond donors (Lipinski definition) is 2. The summed E-state index contributed by atoms with van der Waals surface area (Å²) in [7, 11) is 0. The van der Waals surface area contributed by atoms with Crippen LogP contribution < -0.4 is 10.6 Å². The van der Waals surface area contributed by atoms with Gasteiger partial charge in [0.2, 0.25) is 5.95 Å². The van der Waals surface area contributed by atoms with Gasteiger partial charge in [-0.25, -0.2) is 14.8 Å². The first-order chi connectivity index (χ1) is 14.1. The molecule has 0 radical (unpaired) electrons. The van der Waals surface area contributed by atoms with Gasteiger partial charge in [0.1, 0.15) is 0 Å². The summed E-state index contributed by atoms with van der Waals surface area (Å²) in [5, 5.41) is 5.85. The van der Waals surface area contributed by atoms with Gasteiger partial charge in [-0.2, -0.15) is 0 Å². The minimum Gasteiger partial charge on any atom is -0.462 e. The highest BCUT2D eigenvalue weighted by atomic mass is 16.5. The van der Waals surface area contributed by atoms with E-state index >= 15 is 0 Å². The van der Waals surface area contributed by atoms with Gasteiger partial charge in [0, 0.05) is 23.8 Å². The van der Waals surface area contributed by atoms with Crippen molar-refractivity contribution in [2.75, 3.05) is 17.2 Å². The molecular weight excluding hydrogens is 368 g/mol. The Morgan fingerprint density at radius 2 is 1.48 bits per heavy atom. The van der Waals surface area contributed by atoms with Gasteiger partial charge in [0.15, 0.2) is 0 Å². The van der Waals surface area contributed by atoms with Gasteiger partial charge < -0.3 is 15.4 Å². The second-order valence-corrected chi connectivity index (χ2v) is 6.22. The Kier molecular flexibility index (Phi) is 6.52. The van der Waals surface area contributed by atoms with Crippen LogP contribution in [0.1, 0.15) is 40.1 Å². The van der Waals surface area contributed by atoms with E-state index in [4.69, 9.17) is 4.74 Å². The van der Waals surface area contributed by atoms with Crippen molar-refractivity contribution in [2.24, 2.45) is 0 Å². The maximum atomic E-state index is 12.3. The number of amides is 1. The highest BCUT2D eigenvalue weighted by Crippen LogP contribution is 2.15. The standard InChI is InChI=1S/C22H22N4O3/c1-3-15-5-9-18(10-6-15)25-20(27)17-13-23-22(24-14-17)26-19-11-7-16(8-12-19)21(28)29-4-2/h5-14H,3-4H2,1-2H3,(H,25,27)(H,23,24,26). The summed E-state index contributed by atoms with van der Waals surface area (Å²) in [6.07, 6.45) is 3.86. The Labute approximate surface area is 169 Å². The van der Waals surface area contributed by atoms with E-state index in [0.29, 0.717) is 29.4 Å². The molecule has 0 saturated heterocycles. The molecule has 7 nitrogen and oxygen atoms in total. The van der Waals surface area contributed by atoms with E-state index in [0.717, 1.165) is 12.1 Å². The monoisotopic (exact) mass is 390 g/mol. The van der Waals surface area contributed by atoms with Crippen LogP contribution in [0.4, 0.5) is 17.3 Å². The lowest BCUT2D eigenvalue weighted by Gasteiger charge is -2.08. The van der Waals surface area contributed by atoms with Crippen LogP contribution in [-0.2, 0) is 11.2 Å². The van der Waals surface area contributed by atoms with Crippen LogP contribution in [-0.4, -0.2) is 28.5 Å². The number of hydrogen-bond acceptors (Lipinski definition) is 6. The number of ether oxygens (including phenoxy) is 1. The van der Waals surface area contributed by atoms with Gasteiger partial charge in [-0.15, -0.1) is 0 Å². The number of carbonyl (C=O) groups excluding carboxylic acids is 2. The first kappa shape index (κ1) is 20.0. The molecule has 7 heteroatoms. The number of nitrogens with one attached hydrogen (secondary N) is 2. The van der Waals surface area contributed by atoms with Crippen molar-refractivity contribution in [3.05, 3.63) is 77.6 Å². The maximum absolute atomic E-state index is 12.3. The zero-order valence-electron chi connectivity index (χ0n) is 16.3. The highest BCUT2D eigenvalue weighted by Gasteiger charge is 2.09. The van der Waals surface area contributed by atoms with Crippen LogP contribution in [0.2, 0.25) is 0 Å². The molecule has 0 unspecified atom stereocenters. The second-order valence-electron chi connectivity index (χ2n) is 6.22. The number of aryl methyl sites for hydroxylation is 1. The Bertz CT molecular complexity index is 968. The molecule has 0 bridgehead atoms. The van der Waals surface area contributed by atoms with Crippen molar-refractivity contribution in [3.8, 4) is 0 Å². The van der Waals surface area contributed by atoms with E-state index in [1.807, 2.05) is 24.3 Å². The summed E-state index contributed by atoms with van der Waals surface area (Å²) in [6.45, 7) is 4.17. The van der Waals surface area contributed by atoms with Gasteiger partial charge in [-0.3, -0.25) is 4.79 Å². The van der Waals surface area contributed by atoms with E-state index < -0.39 is 0 Å². The van der Waals surface area contributed by atoms with E-state index in [1.165, 1.54) is 18.0 Å². The Morgan fingerprint density at radius 1 is 0.862 bits per heavy atom. The predicted molar refractivity (Wildman–Crippen MR) is 111 cm³/mol. The SMILES string of the molecule is CCOC(=O)c1ccc(Nc2ncc(C(=O)Nc3ccc(CC)cc3)cn2)cc1. The molecule has 1 amide bonds. The topological polar surface area (TPSA) is 93.2 Å². The van der Waals surface area contributed by atoms with E-state index in [2.05, 4.69) is 27.5 Å². The van der Waals surface area contributed by atoms with Crippen molar-refractivity contribution in [3.63, 3.8) is 0 Å². The predicted octanol–water partition coefficient (Wildman–Crippen LogP) is 4.21. The van der Waals surface area contributed by atoms with Crippen molar-refractivity contribution in [2.45, 2.75) is 20.3 Å². The quantitative estimate of drug-likeness (QED) is 0.587. The van der Waals surface area contributed by atoms with Crippen LogP contribution in [0.15, 0.2) is 60.9 Å². The van der Waals surface area contributed by atoms with E-state index in [9.17, 15) is 9.59 Å². The Morgan fingerprint density at radius 3 is 2.07 bits per heavy atom. The average molecular weight is 390 g/mol. The van der Waals surface area contributed by atoms with Gasteiger partial charge in [0.05, 0.1) is 17.7 Å². The molecule has 2 aromatic carbocycles. The van der Waals surface area contributed by atoms with Crippen LogP contribution in [0.25, 0.3) is 0 Å². The second kappa shape index (κ2) is 9.45. The molecule has 29 heavy (non-hydrogen) atoms. The third-order valence-corrected chi connectivity index (χ3v) is 4.19. The number of nitrogens with zero attached hydrogens (tertiary/aromatic N) is 2. The first-order valence-electron chi connectivity index (χ1n) is 9.35. The molecule has 0 atom stereocenters. The van der Waals surface area contributed by atoms with Crippen molar-refractivity contribution < 1.29 is 14.3 Å². The summed E-state index contributed by atoms with van der Waals surface area (Å²) >= 11 is 0. The molecule has 0 aliphatic rings. The third-order valence-electron chi connectivity index (χ3n) is 4.19. The largest absolute Gasteiger partial charge is 0.462 e. The smallest absolute Gasteiger partial charge is 0.338 e. The lowest BCUT2D eigenvalue weighted by atomic mass is 10.1. The molecule has 1 aromatic heterocycles. The van der Waals surface area contributed by atoms with Crippen LogP contribution in [0, 0.1) is 0 Å². The molecule has 148 valence electrons. The molecule has 1 heterocycles. The Balaban J connectivity index is 1.60. The summed E-state index contributed by atoms with van der Waals surface area (Å²) < 4.78 is 4.95. The molecular formula is C22H22N4O3. The fourth-order valence-electron chi connectivity index (χ4n) is 2.57. The number of benzene rings is 2. The lowest BCUT2D eigenvalue weighted by Crippen LogP contribution is -2.13. The summed E-state index contributed by atoms with van der Waals surface area (Å²) in [5.41, 5.74) is 3.46. The number of esters is 1. The molecule has 0 spiro atoms. The maximum Gasteiger partial charge on any atom is 0.338 e.